The van der Waals surface area contributed by atoms with Crippen LogP contribution in [0.4, 0.5) is 4.79 Å². The van der Waals surface area contributed by atoms with Crippen LogP contribution in [0.5, 0.6) is 0 Å². The average Bonchev–Trinajstić information content (AvgIpc) is 3.01. The zero-order valence-electron chi connectivity index (χ0n) is 20.7. The highest BCUT2D eigenvalue weighted by Gasteiger charge is 2.30. The maximum Gasteiger partial charge on any atom is 0.408 e. The highest BCUT2D eigenvalue weighted by molar-refractivity contribution is 5.91. The minimum absolute atomic E-state index is 0.134. The van der Waals surface area contributed by atoms with E-state index in [1.54, 1.807) is 27.7 Å². The Hall–Kier alpha value is -3.03. The third-order valence-corrected chi connectivity index (χ3v) is 5.01. The van der Waals surface area contributed by atoms with E-state index in [9.17, 15) is 14.4 Å². The molecular weight excluding hydrogens is 422 g/mol. The van der Waals surface area contributed by atoms with Crippen molar-refractivity contribution in [3.63, 3.8) is 0 Å². The number of esters is 1. The molecule has 33 heavy (non-hydrogen) atoms. The van der Waals surface area contributed by atoms with Crippen molar-refractivity contribution in [1.82, 2.24) is 15.2 Å². The van der Waals surface area contributed by atoms with Gasteiger partial charge in [-0.3, -0.25) is 4.79 Å². The Labute approximate surface area is 196 Å². The molecule has 8 heteroatoms. The number of carbonyl (C=O) groups excluding carboxylic acids is 3. The molecule has 2 amide bonds. The molecule has 1 heterocycles. The van der Waals surface area contributed by atoms with Crippen LogP contribution < -0.4 is 10.6 Å². The monoisotopic (exact) mass is 459 g/mol. The number of benzene rings is 1. The second-order valence-corrected chi connectivity index (χ2v) is 9.63. The molecule has 2 rings (SSSR count). The van der Waals surface area contributed by atoms with Crippen molar-refractivity contribution < 1.29 is 23.9 Å². The number of hydrogen-bond donors (Lipinski definition) is 2. The fourth-order valence-electron chi connectivity index (χ4n) is 3.67. The predicted molar refractivity (Wildman–Crippen MR) is 128 cm³/mol. The van der Waals surface area contributed by atoms with E-state index in [-0.39, 0.29) is 18.9 Å². The number of fused-ring (bicyclic) bond motifs is 1. The van der Waals surface area contributed by atoms with Gasteiger partial charge < -0.3 is 24.7 Å². The molecule has 0 bridgehead atoms. The van der Waals surface area contributed by atoms with Crippen molar-refractivity contribution in [2.45, 2.75) is 72.1 Å². The van der Waals surface area contributed by atoms with Crippen molar-refractivity contribution in [1.29, 1.82) is 0 Å². The zero-order chi connectivity index (χ0) is 24.8. The third kappa shape index (κ3) is 7.80. The molecule has 0 saturated carbocycles. The summed E-state index contributed by atoms with van der Waals surface area (Å²) in [6.45, 7) is 11.1. The molecule has 0 spiro atoms. The van der Waals surface area contributed by atoms with Crippen LogP contribution in [-0.4, -0.2) is 46.8 Å². The second kappa shape index (κ2) is 11.2. The van der Waals surface area contributed by atoms with Crippen LogP contribution in [-0.2, 0) is 32.5 Å². The normalized spacial score (nSPS) is 13.5. The summed E-state index contributed by atoms with van der Waals surface area (Å²) in [6.07, 6.45) is 1.94. The lowest BCUT2D eigenvalue weighted by Crippen LogP contribution is -2.53. The van der Waals surface area contributed by atoms with Crippen LogP contribution in [0.15, 0.2) is 30.5 Å². The lowest BCUT2D eigenvalue weighted by Gasteiger charge is -2.25. The Balaban J connectivity index is 2.24. The number of carbonyl (C=O) groups is 3. The summed E-state index contributed by atoms with van der Waals surface area (Å²) in [5.41, 5.74) is 1.27. The number of rotatable bonds is 9. The van der Waals surface area contributed by atoms with Crippen molar-refractivity contribution >= 4 is 28.9 Å². The summed E-state index contributed by atoms with van der Waals surface area (Å²) >= 11 is 0. The molecule has 2 N–H and O–H groups in total. The van der Waals surface area contributed by atoms with Crippen LogP contribution in [0, 0.1) is 5.92 Å². The van der Waals surface area contributed by atoms with E-state index in [2.05, 4.69) is 10.6 Å². The van der Waals surface area contributed by atoms with Gasteiger partial charge in [-0.25, -0.2) is 9.59 Å². The van der Waals surface area contributed by atoms with Gasteiger partial charge in [0.2, 0.25) is 5.91 Å². The Morgan fingerprint density at radius 2 is 1.73 bits per heavy atom. The first-order valence-corrected chi connectivity index (χ1v) is 11.4. The third-order valence-electron chi connectivity index (χ3n) is 5.01. The number of nitrogens with zero attached hydrogens (tertiary/aromatic N) is 1. The van der Waals surface area contributed by atoms with Gasteiger partial charge in [0, 0.05) is 30.6 Å². The van der Waals surface area contributed by atoms with Gasteiger partial charge in [0.25, 0.3) is 0 Å². The molecule has 1 aromatic carbocycles. The Morgan fingerprint density at radius 1 is 1.06 bits per heavy atom. The summed E-state index contributed by atoms with van der Waals surface area (Å²) in [7, 11) is 1.94. The molecule has 0 aliphatic carbocycles. The van der Waals surface area contributed by atoms with Gasteiger partial charge >= 0.3 is 12.1 Å². The number of para-hydroxylation sites is 1. The molecular formula is C25H37N3O5. The molecule has 2 atom stereocenters. The quantitative estimate of drug-likeness (QED) is 0.557. The zero-order valence-corrected chi connectivity index (χ0v) is 20.7. The number of hydrogen-bond acceptors (Lipinski definition) is 5. The van der Waals surface area contributed by atoms with Crippen molar-refractivity contribution in [2.75, 3.05) is 6.61 Å². The van der Waals surface area contributed by atoms with Crippen LogP contribution in [0.2, 0.25) is 0 Å². The van der Waals surface area contributed by atoms with Crippen LogP contribution in [0.25, 0.3) is 10.9 Å². The molecule has 0 radical (unpaired) electrons. The smallest absolute Gasteiger partial charge is 0.408 e. The first kappa shape index (κ1) is 26.2. The Bertz CT molecular complexity index is 974. The van der Waals surface area contributed by atoms with Gasteiger partial charge in [-0.15, -0.1) is 0 Å². The van der Waals surface area contributed by atoms with Gasteiger partial charge in [0.15, 0.2) is 0 Å². The molecule has 182 valence electrons. The highest BCUT2D eigenvalue weighted by Crippen LogP contribution is 2.22. The van der Waals surface area contributed by atoms with E-state index in [4.69, 9.17) is 9.47 Å². The van der Waals surface area contributed by atoms with Crippen LogP contribution >= 0.6 is 0 Å². The SMILES string of the molecule is CCOC(=O)[C@@H](Cc1cn(C)c2ccccc12)NC(=O)[C@H](CC(C)C)NC(=O)OC(C)(C)C. The first-order chi connectivity index (χ1) is 15.4. The Kier molecular flexibility index (Phi) is 8.91. The topological polar surface area (TPSA) is 98.7 Å². The molecule has 0 aliphatic rings. The maximum atomic E-state index is 13.2. The number of aryl methyl sites for hydroxylation is 1. The summed E-state index contributed by atoms with van der Waals surface area (Å²) in [6, 6.07) is 6.14. The first-order valence-electron chi connectivity index (χ1n) is 11.4. The fourth-order valence-corrected chi connectivity index (χ4v) is 3.67. The van der Waals surface area contributed by atoms with E-state index >= 15 is 0 Å². The molecule has 0 saturated heterocycles. The lowest BCUT2D eigenvalue weighted by atomic mass is 10.0. The van der Waals surface area contributed by atoms with E-state index in [1.165, 1.54) is 0 Å². The molecule has 2 aromatic rings. The summed E-state index contributed by atoms with van der Waals surface area (Å²) in [4.78, 5) is 38.2. The van der Waals surface area contributed by atoms with Gasteiger partial charge in [-0.05, 0) is 51.7 Å². The van der Waals surface area contributed by atoms with Crippen molar-refractivity contribution in [3.05, 3.63) is 36.0 Å². The van der Waals surface area contributed by atoms with Gasteiger partial charge in [-0.2, -0.15) is 0 Å². The minimum atomic E-state index is -0.890. The lowest BCUT2D eigenvalue weighted by molar-refractivity contribution is -0.147. The largest absolute Gasteiger partial charge is 0.464 e. The molecule has 0 unspecified atom stereocenters. The summed E-state index contributed by atoms with van der Waals surface area (Å²) in [5, 5.41) is 6.46. The average molecular weight is 460 g/mol. The van der Waals surface area contributed by atoms with Crippen LogP contribution in [0.1, 0.15) is 53.5 Å². The Morgan fingerprint density at radius 3 is 2.33 bits per heavy atom. The summed E-state index contributed by atoms with van der Waals surface area (Å²) < 4.78 is 12.5. The van der Waals surface area contributed by atoms with E-state index in [0.29, 0.717) is 6.42 Å². The van der Waals surface area contributed by atoms with E-state index in [1.807, 2.05) is 55.9 Å². The standard InChI is InChI=1S/C25H37N3O5/c1-8-32-23(30)20(14-17-15-28(7)21-12-10-9-11-18(17)21)26-22(29)19(13-16(2)3)27-24(31)33-25(4,5)6/h9-12,15-16,19-20H,8,13-14H2,1-7H3,(H,26,29)(H,27,31)/t19-,20+/m0/s1. The van der Waals surface area contributed by atoms with Gasteiger partial charge in [-0.1, -0.05) is 32.0 Å². The molecule has 0 aliphatic heterocycles. The minimum Gasteiger partial charge on any atom is -0.464 e. The number of nitrogens with one attached hydrogen (secondary N) is 2. The highest BCUT2D eigenvalue weighted by atomic mass is 16.6. The fraction of sp³-hybridized carbons (Fsp3) is 0.560. The van der Waals surface area contributed by atoms with Crippen molar-refractivity contribution in [2.24, 2.45) is 13.0 Å². The number of aromatic nitrogens is 1. The van der Waals surface area contributed by atoms with Crippen molar-refractivity contribution in [3.8, 4) is 0 Å². The van der Waals surface area contributed by atoms with E-state index < -0.39 is 35.7 Å². The second-order valence-electron chi connectivity index (χ2n) is 9.63. The number of alkyl carbamates (subject to hydrolysis) is 1. The summed E-state index contributed by atoms with van der Waals surface area (Å²) in [5.74, 6) is -0.831. The number of ether oxygens (including phenoxy) is 2. The molecule has 1 aromatic heterocycles. The van der Waals surface area contributed by atoms with E-state index in [0.717, 1.165) is 16.5 Å². The predicted octanol–water partition coefficient (Wildman–Crippen LogP) is 3.71. The van der Waals surface area contributed by atoms with Gasteiger partial charge in [0.05, 0.1) is 6.61 Å². The van der Waals surface area contributed by atoms with Gasteiger partial charge in [0.1, 0.15) is 17.7 Å². The number of amides is 2. The van der Waals surface area contributed by atoms with Crippen LogP contribution in [0.3, 0.4) is 0 Å². The molecule has 0 fully saturated rings. The molecule has 8 nitrogen and oxygen atoms in total. The maximum absolute atomic E-state index is 13.2.